The third-order valence-corrected chi connectivity index (χ3v) is 7.05. The third-order valence-electron chi connectivity index (χ3n) is 5.60. The summed E-state index contributed by atoms with van der Waals surface area (Å²) in [4.78, 5) is 3.80. The average molecular weight is 670 g/mol. The lowest BCUT2D eigenvalue weighted by molar-refractivity contribution is 0.263. The molecule has 0 spiro atoms. The molecule has 0 saturated heterocycles. The minimum atomic E-state index is -4.16. The summed E-state index contributed by atoms with van der Waals surface area (Å²) in [5.74, 6) is 0.0234. The van der Waals surface area contributed by atoms with Gasteiger partial charge in [0.2, 0.25) is 0 Å². The Hall–Kier alpha value is -4.48. The SMILES string of the molecule is COc1cc(-c2ccc(OS(C)(=O)=O)cc2)c(OC)c(OS(C)(=O)=O)c1-c1ccc(OCc2cnco2)c(OS(C)(=O)=O)c1. The van der Waals surface area contributed by atoms with Gasteiger partial charge in [0.1, 0.15) is 18.1 Å². The van der Waals surface area contributed by atoms with Crippen molar-refractivity contribution >= 4 is 30.4 Å². The molecule has 4 rings (SSSR count). The first kappa shape index (κ1) is 32.4. The Balaban J connectivity index is 1.92. The molecule has 44 heavy (non-hydrogen) atoms. The summed E-state index contributed by atoms with van der Waals surface area (Å²) in [6.07, 6.45) is 5.23. The monoisotopic (exact) mass is 669 g/mol. The van der Waals surface area contributed by atoms with E-state index in [1.165, 1.54) is 69.3 Å². The smallest absolute Gasteiger partial charge is 0.306 e. The van der Waals surface area contributed by atoms with Crippen LogP contribution < -0.4 is 26.8 Å². The Kier molecular flexibility index (Phi) is 9.31. The molecule has 0 radical (unpaired) electrons. The van der Waals surface area contributed by atoms with Gasteiger partial charge >= 0.3 is 30.4 Å². The van der Waals surface area contributed by atoms with Gasteiger partial charge in [0.05, 0.1) is 44.7 Å². The van der Waals surface area contributed by atoms with Crippen LogP contribution in [-0.4, -0.2) is 63.2 Å². The molecule has 0 unspecified atom stereocenters. The standard InChI is InChI=1S/C27H27NO13S3/c1-35-24-13-21(17-6-9-19(10-7-17)39-42(3,29)30)26(36-2)27(41-44(5,33)34)25(24)18-8-11-22(23(12-18)40-43(4,31)32)37-15-20-14-28-16-38-20/h6-14,16H,15H2,1-5H3. The van der Waals surface area contributed by atoms with Crippen LogP contribution in [0.4, 0.5) is 0 Å². The minimum absolute atomic E-state index is 0.0279. The Bertz CT molecular complexity index is 1970. The van der Waals surface area contributed by atoms with Crippen LogP contribution in [0, 0.1) is 0 Å². The molecule has 14 nitrogen and oxygen atoms in total. The highest BCUT2D eigenvalue weighted by Crippen LogP contribution is 2.51. The maximum atomic E-state index is 12.5. The van der Waals surface area contributed by atoms with E-state index in [-0.39, 0.29) is 52.2 Å². The number of ether oxygens (including phenoxy) is 3. The lowest BCUT2D eigenvalue weighted by Gasteiger charge is -2.21. The number of aromatic nitrogens is 1. The Morgan fingerprint density at radius 1 is 0.682 bits per heavy atom. The highest BCUT2D eigenvalue weighted by molar-refractivity contribution is 7.86. The molecule has 0 atom stereocenters. The zero-order chi connectivity index (χ0) is 32.3. The summed E-state index contributed by atoms with van der Waals surface area (Å²) < 4.78 is 110. The van der Waals surface area contributed by atoms with Crippen molar-refractivity contribution in [2.24, 2.45) is 0 Å². The van der Waals surface area contributed by atoms with Crippen molar-refractivity contribution in [3.63, 3.8) is 0 Å². The second-order valence-electron chi connectivity index (χ2n) is 9.17. The van der Waals surface area contributed by atoms with Gasteiger partial charge in [-0.1, -0.05) is 18.2 Å². The number of hydrogen-bond acceptors (Lipinski definition) is 14. The van der Waals surface area contributed by atoms with Crippen LogP contribution in [0.3, 0.4) is 0 Å². The number of hydrogen-bond donors (Lipinski definition) is 0. The molecule has 0 aliphatic heterocycles. The van der Waals surface area contributed by atoms with Crippen molar-refractivity contribution in [2.45, 2.75) is 6.61 Å². The first-order chi connectivity index (χ1) is 20.6. The number of benzene rings is 3. The first-order valence-corrected chi connectivity index (χ1v) is 17.7. The molecule has 1 aromatic heterocycles. The number of oxazole rings is 1. The predicted octanol–water partition coefficient (Wildman–Crippen LogP) is 3.62. The highest BCUT2D eigenvalue weighted by Gasteiger charge is 2.27. The van der Waals surface area contributed by atoms with Gasteiger partial charge in [-0.2, -0.15) is 25.3 Å². The van der Waals surface area contributed by atoms with Crippen LogP contribution in [0.15, 0.2) is 65.5 Å². The normalized spacial score (nSPS) is 11.9. The molecule has 0 amide bonds. The zero-order valence-corrected chi connectivity index (χ0v) is 26.4. The molecule has 1 heterocycles. The average Bonchev–Trinajstić information content (AvgIpc) is 3.43. The van der Waals surface area contributed by atoms with Crippen molar-refractivity contribution in [1.82, 2.24) is 4.98 Å². The molecule has 0 aliphatic rings. The lowest BCUT2D eigenvalue weighted by Crippen LogP contribution is -2.10. The fourth-order valence-electron chi connectivity index (χ4n) is 4.04. The molecule has 0 N–H and O–H groups in total. The van der Waals surface area contributed by atoms with E-state index in [1.807, 2.05) is 0 Å². The first-order valence-electron chi connectivity index (χ1n) is 12.3. The summed E-state index contributed by atoms with van der Waals surface area (Å²) in [5, 5.41) is 0. The van der Waals surface area contributed by atoms with E-state index < -0.39 is 30.4 Å². The van der Waals surface area contributed by atoms with E-state index in [4.69, 9.17) is 31.2 Å². The molecule has 0 aliphatic carbocycles. The van der Waals surface area contributed by atoms with Crippen molar-refractivity contribution < 1.29 is 56.4 Å². The van der Waals surface area contributed by atoms with Gasteiger partial charge in [0.25, 0.3) is 0 Å². The van der Waals surface area contributed by atoms with Crippen LogP contribution >= 0.6 is 0 Å². The van der Waals surface area contributed by atoms with Crippen molar-refractivity contribution in [2.75, 3.05) is 33.0 Å². The summed E-state index contributed by atoms with van der Waals surface area (Å²) >= 11 is 0. The van der Waals surface area contributed by atoms with Crippen molar-refractivity contribution in [3.05, 3.63) is 66.9 Å². The fourth-order valence-corrected chi connectivity index (χ4v) is 5.42. The van der Waals surface area contributed by atoms with E-state index >= 15 is 0 Å². The molecule has 0 saturated carbocycles. The molecular weight excluding hydrogens is 642 g/mol. The van der Waals surface area contributed by atoms with Gasteiger partial charge in [-0.3, -0.25) is 0 Å². The molecule has 17 heteroatoms. The summed E-state index contributed by atoms with van der Waals surface area (Å²) in [6, 6.07) is 11.6. The molecule has 0 bridgehead atoms. The van der Waals surface area contributed by atoms with Crippen LogP contribution in [-0.2, 0) is 37.0 Å². The lowest BCUT2D eigenvalue weighted by atomic mass is 9.96. The van der Waals surface area contributed by atoms with E-state index in [9.17, 15) is 25.3 Å². The molecule has 3 aromatic carbocycles. The molecule has 236 valence electrons. The van der Waals surface area contributed by atoms with Crippen molar-refractivity contribution in [1.29, 1.82) is 0 Å². The Morgan fingerprint density at radius 3 is 1.86 bits per heavy atom. The topological polar surface area (TPSA) is 184 Å². The second-order valence-corrected chi connectivity index (χ2v) is 13.9. The highest BCUT2D eigenvalue weighted by atomic mass is 32.2. The zero-order valence-electron chi connectivity index (χ0n) is 24.0. The maximum Gasteiger partial charge on any atom is 0.306 e. The van der Waals surface area contributed by atoms with Crippen LogP contribution in [0.5, 0.6) is 34.5 Å². The summed E-state index contributed by atoms with van der Waals surface area (Å²) in [5.41, 5.74) is 1.07. The fraction of sp³-hybridized carbons (Fsp3) is 0.222. The van der Waals surface area contributed by atoms with Gasteiger partial charge in [0, 0.05) is 5.56 Å². The van der Waals surface area contributed by atoms with Crippen molar-refractivity contribution in [3.8, 4) is 56.8 Å². The number of methoxy groups -OCH3 is 2. The van der Waals surface area contributed by atoms with Crippen LogP contribution in [0.2, 0.25) is 0 Å². The largest absolute Gasteiger partial charge is 0.496 e. The third kappa shape index (κ3) is 8.33. The van der Waals surface area contributed by atoms with E-state index in [0.717, 1.165) is 18.8 Å². The van der Waals surface area contributed by atoms with Gasteiger partial charge in [-0.05, 0) is 41.5 Å². The predicted molar refractivity (Wildman–Crippen MR) is 158 cm³/mol. The van der Waals surface area contributed by atoms with Crippen LogP contribution in [0.25, 0.3) is 22.3 Å². The Morgan fingerprint density at radius 2 is 1.32 bits per heavy atom. The number of rotatable bonds is 13. The van der Waals surface area contributed by atoms with E-state index in [2.05, 4.69) is 4.98 Å². The quantitative estimate of drug-likeness (QED) is 0.188. The van der Waals surface area contributed by atoms with Gasteiger partial charge in [-0.25, -0.2) is 4.98 Å². The van der Waals surface area contributed by atoms with E-state index in [0.29, 0.717) is 16.9 Å². The molecule has 4 aromatic rings. The number of nitrogens with zero attached hydrogens (tertiary/aromatic N) is 1. The van der Waals surface area contributed by atoms with Gasteiger partial charge < -0.3 is 31.2 Å². The molecule has 0 fully saturated rings. The van der Waals surface area contributed by atoms with E-state index in [1.54, 1.807) is 6.07 Å². The van der Waals surface area contributed by atoms with Gasteiger partial charge in [0.15, 0.2) is 35.2 Å². The Labute approximate surface area is 254 Å². The van der Waals surface area contributed by atoms with Crippen LogP contribution in [0.1, 0.15) is 5.76 Å². The van der Waals surface area contributed by atoms with Gasteiger partial charge in [-0.15, -0.1) is 0 Å². The minimum Gasteiger partial charge on any atom is -0.496 e. The summed E-state index contributed by atoms with van der Waals surface area (Å²) in [7, 11) is -9.34. The molecular formula is C27H27NO13S3. The maximum absolute atomic E-state index is 12.5. The second kappa shape index (κ2) is 12.6. The summed E-state index contributed by atoms with van der Waals surface area (Å²) in [6.45, 7) is -0.0955.